The Morgan fingerprint density at radius 3 is 2.17 bits per heavy atom. The van der Waals surface area contributed by atoms with Crippen LogP contribution in [-0.2, 0) is 0 Å². The predicted molar refractivity (Wildman–Crippen MR) is 128 cm³/mol. The Labute approximate surface area is 200 Å². The molecule has 3 aromatic carbocycles. The molecular formula is C22H20BrCl3N2O2. The van der Waals surface area contributed by atoms with E-state index in [0.29, 0.717) is 15.6 Å². The molecular weight excluding hydrogens is 511 g/mol. The summed E-state index contributed by atoms with van der Waals surface area (Å²) in [5.41, 5.74) is 0.0534. The number of hydrogen-bond donors (Lipinski definition) is 0. The van der Waals surface area contributed by atoms with E-state index < -0.39 is 11.4 Å². The number of benzene rings is 3. The molecule has 158 valence electrons. The molecule has 0 aliphatic rings. The SMILES string of the molecule is CC(C)(CC(=O)c1cccc2ccccc12)N(Cl)N(Cl)C(=O)c1ccccc1Br.Cl. The molecule has 3 rings (SSSR count). The molecule has 0 aliphatic carbocycles. The van der Waals surface area contributed by atoms with Crippen LogP contribution >= 0.6 is 51.9 Å². The van der Waals surface area contributed by atoms with Gasteiger partial charge in [0, 0.05) is 40.0 Å². The molecule has 0 bridgehead atoms. The van der Waals surface area contributed by atoms with Gasteiger partial charge in [-0.25, -0.2) is 0 Å². The van der Waals surface area contributed by atoms with E-state index in [1.54, 1.807) is 44.2 Å². The van der Waals surface area contributed by atoms with Crippen molar-refractivity contribution in [1.82, 2.24) is 9.06 Å². The largest absolute Gasteiger partial charge is 0.294 e. The highest BCUT2D eigenvalue weighted by molar-refractivity contribution is 9.10. The Balaban J connectivity index is 0.00000320. The molecule has 0 N–H and O–H groups in total. The lowest BCUT2D eigenvalue weighted by molar-refractivity contribution is 0.0374. The van der Waals surface area contributed by atoms with Gasteiger partial charge in [0.25, 0.3) is 5.91 Å². The maximum Gasteiger partial charge on any atom is 0.285 e. The van der Waals surface area contributed by atoms with E-state index >= 15 is 0 Å². The van der Waals surface area contributed by atoms with Crippen LogP contribution < -0.4 is 0 Å². The third-order valence-corrected chi connectivity index (χ3v) is 6.29. The number of ketones is 1. The molecule has 3 aromatic rings. The number of halogens is 4. The second kappa shape index (κ2) is 10.1. The molecule has 8 heteroatoms. The van der Waals surface area contributed by atoms with Crippen molar-refractivity contribution in [2.75, 3.05) is 0 Å². The summed E-state index contributed by atoms with van der Waals surface area (Å²) in [5, 5.41) is 1.87. The minimum atomic E-state index is -0.922. The molecule has 0 radical (unpaired) electrons. The van der Waals surface area contributed by atoms with Gasteiger partial charge in [0.05, 0.1) is 11.1 Å². The average molecular weight is 531 g/mol. The molecule has 1 amide bonds. The Morgan fingerprint density at radius 1 is 0.900 bits per heavy atom. The summed E-state index contributed by atoms with van der Waals surface area (Å²) >= 11 is 16.0. The third kappa shape index (κ3) is 5.16. The zero-order valence-electron chi connectivity index (χ0n) is 16.3. The molecule has 0 saturated carbocycles. The van der Waals surface area contributed by atoms with Crippen LogP contribution in [0.2, 0.25) is 0 Å². The van der Waals surface area contributed by atoms with E-state index in [2.05, 4.69) is 15.9 Å². The maximum atomic E-state index is 13.1. The number of nitrogens with zero attached hydrogens (tertiary/aromatic N) is 2. The molecule has 0 saturated heterocycles. The van der Waals surface area contributed by atoms with Crippen LogP contribution in [0.4, 0.5) is 0 Å². The number of carbonyl (C=O) groups is 2. The van der Waals surface area contributed by atoms with Crippen molar-refractivity contribution >= 4 is 74.4 Å². The van der Waals surface area contributed by atoms with Gasteiger partial charge in [-0.05, 0) is 52.7 Å². The van der Waals surface area contributed by atoms with Gasteiger partial charge in [-0.15, -0.1) is 16.9 Å². The molecule has 0 spiro atoms. The number of carbonyl (C=O) groups excluding carboxylic acids is 2. The monoisotopic (exact) mass is 528 g/mol. The molecule has 0 aliphatic heterocycles. The summed E-state index contributed by atoms with van der Waals surface area (Å²) in [6.45, 7) is 3.51. The van der Waals surface area contributed by atoms with E-state index in [1.807, 2.05) is 36.4 Å². The number of amides is 1. The van der Waals surface area contributed by atoms with Crippen molar-refractivity contribution < 1.29 is 9.59 Å². The van der Waals surface area contributed by atoms with Gasteiger partial charge < -0.3 is 0 Å². The highest BCUT2D eigenvalue weighted by Gasteiger charge is 2.36. The molecule has 0 unspecified atom stereocenters. The van der Waals surface area contributed by atoms with Gasteiger partial charge in [0.2, 0.25) is 0 Å². The van der Waals surface area contributed by atoms with Crippen LogP contribution in [0.5, 0.6) is 0 Å². The second-order valence-corrected chi connectivity index (χ2v) is 8.74. The third-order valence-electron chi connectivity index (χ3n) is 4.61. The lowest BCUT2D eigenvalue weighted by Gasteiger charge is -2.36. The highest BCUT2D eigenvalue weighted by atomic mass is 79.9. The van der Waals surface area contributed by atoms with Crippen molar-refractivity contribution in [3.05, 3.63) is 82.3 Å². The smallest absolute Gasteiger partial charge is 0.285 e. The van der Waals surface area contributed by atoms with Gasteiger partial charge in [0.1, 0.15) is 0 Å². The lowest BCUT2D eigenvalue weighted by Crippen LogP contribution is -2.48. The van der Waals surface area contributed by atoms with Crippen LogP contribution in [0.15, 0.2) is 71.2 Å². The van der Waals surface area contributed by atoms with Crippen molar-refractivity contribution in [2.24, 2.45) is 0 Å². The molecule has 4 nitrogen and oxygen atoms in total. The number of hydrazine groups is 1. The molecule has 0 aromatic heterocycles. The first-order valence-corrected chi connectivity index (χ1v) is 10.4. The molecule has 30 heavy (non-hydrogen) atoms. The zero-order valence-corrected chi connectivity index (χ0v) is 20.2. The van der Waals surface area contributed by atoms with Gasteiger partial charge in [0.15, 0.2) is 5.78 Å². The van der Waals surface area contributed by atoms with Crippen LogP contribution in [0.25, 0.3) is 10.8 Å². The average Bonchev–Trinajstić information content (AvgIpc) is 2.71. The maximum absolute atomic E-state index is 13.1. The van der Waals surface area contributed by atoms with Crippen LogP contribution in [0, 0.1) is 0 Å². The van der Waals surface area contributed by atoms with E-state index in [9.17, 15) is 9.59 Å². The molecule has 0 fully saturated rings. The quantitative estimate of drug-likeness (QED) is 0.195. The van der Waals surface area contributed by atoms with Crippen LogP contribution in [0.3, 0.4) is 0 Å². The highest BCUT2D eigenvalue weighted by Crippen LogP contribution is 2.30. The van der Waals surface area contributed by atoms with Crippen molar-refractivity contribution in [3.8, 4) is 0 Å². The summed E-state index contributed by atoms with van der Waals surface area (Å²) in [4.78, 5) is 25.8. The first-order valence-electron chi connectivity index (χ1n) is 8.94. The Kier molecular flexibility index (Phi) is 8.31. The van der Waals surface area contributed by atoms with Crippen LogP contribution in [-0.4, -0.2) is 26.3 Å². The van der Waals surface area contributed by atoms with E-state index in [0.717, 1.165) is 19.8 Å². The first-order chi connectivity index (χ1) is 13.7. The fraction of sp³-hybridized carbons (Fsp3) is 0.182. The van der Waals surface area contributed by atoms with E-state index in [-0.39, 0.29) is 24.6 Å². The Hall–Kier alpha value is -1.63. The van der Waals surface area contributed by atoms with Crippen molar-refractivity contribution in [2.45, 2.75) is 25.8 Å². The summed E-state index contributed by atoms with van der Waals surface area (Å²) in [5.74, 6) is -0.587. The fourth-order valence-electron chi connectivity index (χ4n) is 3.07. The minimum absolute atomic E-state index is 0. The van der Waals surface area contributed by atoms with Gasteiger partial charge >= 0.3 is 0 Å². The van der Waals surface area contributed by atoms with E-state index in [4.69, 9.17) is 23.6 Å². The number of hydrogen-bond acceptors (Lipinski definition) is 3. The lowest BCUT2D eigenvalue weighted by atomic mass is 9.92. The fourth-order valence-corrected chi connectivity index (χ4v) is 3.95. The van der Waals surface area contributed by atoms with Crippen molar-refractivity contribution in [1.29, 1.82) is 0 Å². The number of Topliss-reactive ketones (excluding diaryl/α,β-unsaturated/α-hetero) is 1. The molecule has 0 atom stereocenters. The number of fused-ring (bicyclic) bond motifs is 1. The first kappa shape index (κ1) is 24.6. The standard InChI is InChI=1S/C22H19BrCl2N2O2.ClH/c1-22(2,27(25)26(24)21(29)18-11-5-6-13-19(18)23)14-20(28)17-12-7-9-15-8-3-4-10-16(15)17;/h3-13H,14H2,1-2H3;1H. The van der Waals surface area contributed by atoms with Crippen molar-refractivity contribution in [3.63, 3.8) is 0 Å². The number of rotatable bonds is 6. The topological polar surface area (TPSA) is 40.6 Å². The summed E-state index contributed by atoms with van der Waals surface area (Å²) in [7, 11) is 0. The Morgan fingerprint density at radius 2 is 1.47 bits per heavy atom. The zero-order chi connectivity index (χ0) is 21.2. The van der Waals surface area contributed by atoms with E-state index in [1.165, 1.54) is 0 Å². The van der Waals surface area contributed by atoms with Gasteiger partial charge in [-0.2, -0.15) is 4.53 Å². The van der Waals surface area contributed by atoms with Gasteiger partial charge in [-0.3, -0.25) is 9.59 Å². The summed E-state index contributed by atoms with van der Waals surface area (Å²) < 4.78 is 2.47. The molecule has 0 heterocycles. The second-order valence-electron chi connectivity index (χ2n) is 7.24. The minimum Gasteiger partial charge on any atom is -0.294 e. The normalized spacial score (nSPS) is 11.3. The van der Waals surface area contributed by atoms with Gasteiger partial charge in [-0.1, -0.05) is 54.6 Å². The summed E-state index contributed by atoms with van der Waals surface area (Å²) in [6.07, 6.45) is 0.0664. The predicted octanol–water partition coefficient (Wildman–Crippen LogP) is 7.04. The van der Waals surface area contributed by atoms with Crippen LogP contribution in [0.1, 0.15) is 41.0 Å². The summed E-state index contributed by atoms with van der Waals surface area (Å²) in [6, 6.07) is 20.2. The Bertz CT molecular complexity index is 1070.